The van der Waals surface area contributed by atoms with Crippen LogP contribution in [0.25, 0.3) is 21.9 Å². The van der Waals surface area contributed by atoms with Gasteiger partial charge in [0.25, 0.3) is 5.91 Å². The Kier molecular flexibility index (Phi) is 2.45. The number of rotatable bonds is 1. The lowest BCUT2D eigenvalue weighted by molar-refractivity contribution is 0.0999. The van der Waals surface area contributed by atoms with Gasteiger partial charge in [-0.2, -0.15) is 0 Å². The highest BCUT2D eigenvalue weighted by atomic mass is 79.9. The number of H-pyrrole nitrogens is 1. The summed E-state index contributed by atoms with van der Waals surface area (Å²) in [5.74, 6) is -0.436. The molecule has 18 heavy (non-hydrogen) atoms. The van der Waals surface area contributed by atoms with E-state index in [1.807, 2.05) is 6.07 Å². The summed E-state index contributed by atoms with van der Waals surface area (Å²) in [4.78, 5) is 26.3. The van der Waals surface area contributed by atoms with Gasteiger partial charge in [0.2, 0.25) is 0 Å². The Morgan fingerprint density at radius 3 is 2.89 bits per heavy atom. The molecule has 0 radical (unpaired) electrons. The van der Waals surface area contributed by atoms with Crippen LogP contribution in [-0.2, 0) is 0 Å². The van der Waals surface area contributed by atoms with Crippen LogP contribution < -0.4 is 0 Å². The third-order valence-electron chi connectivity index (χ3n) is 2.66. The molecule has 0 aliphatic carbocycles. The third kappa shape index (κ3) is 1.62. The number of nitrogens with one attached hydrogen (secondary N) is 1. The number of aliphatic imine (C=N–C) groups is 1. The van der Waals surface area contributed by atoms with Crippen molar-refractivity contribution in [2.45, 2.75) is 0 Å². The van der Waals surface area contributed by atoms with E-state index >= 15 is 0 Å². The van der Waals surface area contributed by atoms with E-state index in [4.69, 9.17) is 0 Å². The number of aromatic nitrogens is 3. The fourth-order valence-corrected chi connectivity index (χ4v) is 2.18. The second-order valence-electron chi connectivity index (χ2n) is 3.75. The van der Waals surface area contributed by atoms with Gasteiger partial charge in [-0.25, -0.2) is 15.0 Å². The molecular formula is C12H7BrN4O. The first-order valence-corrected chi connectivity index (χ1v) is 5.92. The molecule has 0 spiro atoms. The highest BCUT2D eigenvalue weighted by Gasteiger charge is 2.10. The van der Waals surface area contributed by atoms with Crippen molar-refractivity contribution < 1.29 is 4.79 Å². The van der Waals surface area contributed by atoms with E-state index < -0.39 is 5.91 Å². The lowest BCUT2D eigenvalue weighted by atomic mass is 10.2. The van der Waals surface area contributed by atoms with E-state index in [0.717, 1.165) is 26.4 Å². The number of carbonyl (C=O) groups is 1. The zero-order valence-electron chi connectivity index (χ0n) is 9.14. The summed E-state index contributed by atoms with van der Waals surface area (Å²) in [5.41, 5.74) is 1.86. The van der Waals surface area contributed by atoms with E-state index in [-0.39, 0.29) is 5.69 Å². The number of hydrogen-bond acceptors (Lipinski definition) is 3. The fraction of sp³-hybridized carbons (Fsp3) is 0. The zero-order chi connectivity index (χ0) is 12.7. The van der Waals surface area contributed by atoms with Crippen LogP contribution in [0, 0.1) is 0 Å². The predicted octanol–water partition coefficient (Wildman–Crippen LogP) is 2.71. The first-order valence-electron chi connectivity index (χ1n) is 5.13. The molecule has 3 rings (SSSR count). The summed E-state index contributed by atoms with van der Waals surface area (Å²) in [6.07, 6.45) is 3.31. The number of fused-ring (bicyclic) bond motifs is 3. The highest BCUT2D eigenvalue weighted by Crippen LogP contribution is 2.26. The fourth-order valence-electron chi connectivity index (χ4n) is 1.85. The molecule has 0 saturated carbocycles. The summed E-state index contributed by atoms with van der Waals surface area (Å²) < 4.78 is 0.877. The van der Waals surface area contributed by atoms with Crippen LogP contribution in [0.1, 0.15) is 10.5 Å². The largest absolute Gasteiger partial charge is 0.338 e. The van der Waals surface area contributed by atoms with Gasteiger partial charge in [0.05, 0.1) is 11.7 Å². The third-order valence-corrected chi connectivity index (χ3v) is 3.10. The lowest BCUT2D eigenvalue weighted by Crippen LogP contribution is -1.96. The average Bonchev–Trinajstić information content (AvgIpc) is 2.75. The average molecular weight is 303 g/mol. The van der Waals surface area contributed by atoms with Gasteiger partial charge >= 0.3 is 0 Å². The van der Waals surface area contributed by atoms with Crippen LogP contribution in [0.2, 0.25) is 0 Å². The van der Waals surface area contributed by atoms with Gasteiger partial charge < -0.3 is 4.98 Å². The molecule has 0 unspecified atom stereocenters. The molecule has 0 fully saturated rings. The van der Waals surface area contributed by atoms with E-state index in [0.29, 0.717) is 0 Å². The number of amides is 1. The minimum Gasteiger partial charge on any atom is -0.338 e. The molecule has 0 aromatic carbocycles. The summed E-state index contributed by atoms with van der Waals surface area (Å²) in [5, 5.41) is 1.82. The first kappa shape index (κ1) is 11.0. The number of nitrogens with zero attached hydrogens (tertiary/aromatic N) is 3. The maximum Gasteiger partial charge on any atom is 0.294 e. The minimum absolute atomic E-state index is 0.276. The summed E-state index contributed by atoms with van der Waals surface area (Å²) in [6.45, 7) is 3.21. The molecule has 3 aromatic rings. The molecule has 5 nitrogen and oxygen atoms in total. The maximum atomic E-state index is 11.5. The number of pyridine rings is 2. The molecule has 0 aliphatic heterocycles. The van der Waals surface area contributed by atoms with E-state index in [2.05, 4.69) is 42.6 Å². The Hall–Kier alpha value is -2.08. The van der Waals surface area contributed by atoms with Gasteiger partial charge in [-0.3, -0.25) is 4.79 Å². The topological polar surface area (TPSA) is 71.0 Å². The van der Waals surface area contributed by atoms with Crippen molar-refractivity contribution in [3.8, 4) is 0 Å². The monoisotopic (exact) mass is 302 g/mol. The maximum absolute atomic E-state index is 11.5. The number of halogens is 1. The van der Waals surface area contributed by atoms with Crippen molar-refractivity contribution in [3.05, 3.63) is 34.7 Å². The normalized spacial score (nSPS) is 10.9. The van der Waals surface area contributed by atoms with Crippen LogP contribution in [0.3, 0.4) is 0 Å². The quantitative estimate of drug-likeness (QED) is 0.703. The Bertz CT molecular complexity index is 793. The van der Waals surface area contributed by atoms with Crippen molar-refractivity contribution in [2.24, 2.45) is 4.99 Å². The Balaban J connectivity index is 2.37. The molecule has 6 heteroatoms. The molecule has 3 heterocycles. The highest BCUT2D eigenvalue weighted by molar-refractivity contribution is 9.10. The van der Waals surface area contributed by atoms with Crippen molar-refractivity contribution >= 4 is 50.5 Å². The summed E-state index contributed by atoms with van der Waals surface area (Å²) in [7, 11) is 0. The molecule has 0 saturated heterocycles. The Labute approximate surface area is 110 Å². The summed E-state index contributed by atoms with van der Waals surface area (Å²) in [6, 6.07) is 3.63. The molecule has 1 amide bonds. The predicted molar refractivity (Wildman–Crippen MR) is 73.0 cm³/mol. The smallest absolute Gasteiger partial charge is 0.294 e. The van der Waals surface area contributed by atoms with Crippen LogP contribution in [0.4, 0.5) is 0 Å². The molecule has 0 aliphatic rings. The van der Waals surface area contributed by atoms with E-state index in [1.54, 1.807) is 18.5 Å². The Morgan fingerprint density at radius 2 is 2.11 bits per heavy atom. The van der Waals surface area contributed by atoms with Crippen molar-refractivity contribution in [2.75, 3.05) is 0 Å². The molecule has 0 atom stereocenters. The van der Waals surface area contributed by atoms with Crippen LogP contribution in [0.15, 0.2) is 34.0 Å². The lowest BCUT2D eigenvalue weighted by Gasteiger charge is -1.95. The molecule has 1 N–H and O–H groups in total. The van der Waals surface area contributed by atoms with Crippen molar-refractivity contribution in [1.29, 1.82) is 0 Å². The van der Waals surface area contributed by atoms with Crippen molar-refractivity contribution in [3.63, 3.8) is 0 Å². The van der Waals surface area contributed by atoms with Gasteiger partial charge in [-0.05, 0) is 34.8 Å². The molecule has 88 valence electrons. The Morgan fingerprint density at radius 1 is 1.28 bits per heavy atom. The van der Waals surface area contributed by atoms with Gasteiger partial charge in [-0.1, -0.05) is 0 Å². The van der Waals surface area contributed by atoms with E-state index in [9.17, 15) is 4.79 Å². The standard InChI is InChI=1S/C12H7BrN4O/c1-14-12(18)9-3-7-8-2-6(13)4-16-11(8)17-10(7)5-15-9/h2-5H,1H2,(H,16,17). The van der Waals surface area contributed by atoms with Gasteiger partial charge in [0, 0.05) is 21.4 Å². The minimum atomic E-state index is -0.436. The first-order chi connectivity index (χ1) is 8.69. The van der Waals surface area contributed by atoms with Gasteiger partial charge in [-0.15, -0.1) is 0 Å². The zero-order valence-corrected chi connectivity index (χ0v) is 10.7. The SMILES string of the molecule is C=NC(=O)c1cc2c(cn1)[nH]c1ncc(Br)cc12. The number of carbonyl (C=O) groups excluding carboxylic acids is 1. The molecule has 3 aromatic heterocycles. The van der Waals surface area contributed by atoms with Gasteiger partial charge in [0.1, 0.15) is 11.3 Å². The van der Waals surface area contributed by atoms with Crippen LogP contribution in [0.5, 0.6) is 0 Å². The van der Waals surface area contributed by atoms with Crippen LogP contribution in [-0.4, -0.2) is 27.6 Å². The van der Waals surface area contributed by atoms with Crippen LogP contribution >= 0.6 is 15.9 Å². The molecule has 0 bridgehead atoms. The molecular weight excluding hydrogens is 296 g/mol. The van der Waals surface area contributed by atoms with Crippen molar-refractivity contribution in [1.82, 2.24) is 15.0 Å². The number of hydrogen-bond donors (Lipinski definition) is 1. The summed E-state index contributed by atoms with van der Waals surface area (Å²) >= 11 is 3.38. The number of aromatic amines is 1. The van der Waals surface area contributed by atoms with Gasteiger partial charge in [0.15, 0.2) is 0 Å². The van der Waals surface area contributed by atoms with E-state index in [1.165, 1.54) is 0 Å². The second-order valence-corrected chi connectivity index (χ2v) is 4.67. The second kappa shape index (κ2) is 3.99.